The molecular weight excluding hydrogens is 514 g/mol. The van der Waals surface area contributed by atoms with E-state index < -0.39 is 0 Å². The normalized spacial score (nSPS) is 16.4. The highest BCUT2D eigenvalue weighted by Crippen LogP contribution is 2.19. The number of piperazine rings is 1. The average Bonchev–Trinajstić information content (AvgIpc) is 2.99. The molecule has 0 unspecified atom stereocenters. The number of rotatable bonds is 9. The molecule has 0 bridgehead atoms. The predicted octanol–water partition coefficient (Wildman–Crippen LogP) is 5.38. The van der Waals surface area contributed by atoms with E-state index in [9.17, 15) is 9.59 Å². The minimum atomic E-state index is -0.338. The number of carbonyl (C=O) groups is 2. The van der Waals surface area contributed by atoms with Crippen LogP contribution in [0.2, 0.25) is 0 Å². The number of anilines is 1. The maximum Gasteiger partial charge on any atom is 0.415 e. The predicted molar refractivity (Wildman–Crippen MR) is 161 cm³/mol. The fourth-order valence-electron chi connectivity index (χ4n) is 5.49. The third-order valence-corrected chi connectivity index (χ3v) is 7.87. The molecule has 2 aliphatic rings. The van der Waals surface area contributed by atoms with Gasteiger partial charge in [-0.05, 0) is 106 Å². The minimum Gasteiger partial charge on any atom is -0.410 e. The van der Waals surface area contributed by atoms with Crippen LogP contribution in [0.3, 0.4) is 0 Å². The van der Waals surface area contributed by atoms with Gasteiger partial charge in [0, 0.05) is 55.4 Å². The van der Waals surface area contributed by atoms with E-state index in [4.69, 9.17) is 4.74 Å². The molecule has 216 valence electrons. The third-order valence-electron chi connectivity index (χ3n) is 7.87. The fourth-order valence-corrected chi connectivity index (χ4v) is 5.49. The van der Waals surface area contributed by atoms with Crippen LogP contribution in [-0.2, 0) is 13.0 Å². The molecule has 2 aromatic carbocycles. The number of amides is 2. The molecule has 3 heterocycles. The lowest BCUT2D eigenvalue weighted by molar-refractivity contribution is 0.102. The van der Waals surface area contributed by atoms with Crippen LogP contribution in [0.25, 0.3) is 0 Å². The molecule has 0 saturated carbocycles. The second-order valence-corrected chi connectivity index (χ2v) is 11.1. The van der Waals surface area contributed by atoms with Gasteiger partial charge in [-0.25, -0.2) is 4.79 Å². The van der Waals surface area contributed by atoms with E-state index in [2.05, 4.69) is 32.2 Å². The fraction of sp³-hybridized carbons (Fsp3) is 0.424. The number of aromatic nitrogens is 1. The molecular formula is C33H41N5O3. The van der Waals surface area contributed by atoms with Crippen LogP contribution in [0, 0.1) is 6.92 Å². The zero-order valence-corrected chi connectivity index (χ0v) is 24.1. The van der Waals surface area contributed by atoms with E-state index in [0.29, 0.717) is 30.1 Å². The largest absolute Gasteiger partial charge is 0.415 e. The van der Waals surface area contributed by atoms with E-state index in [-0.39, 0.29) is 12.0 Å². The summed E-state index contributed by atoms with van der Waals surface area (Å²) in [5.41, 5.74) is 4.69. The summed E-state index contributed by atoms with van der Waals surface area (Å²) in [5.74, 6) is 0.301. The summed E-state index contributed by atoms with van der Waals surface area (Å²) in [6, 6.07) is 20.9. The molecule has 3 aromatic rings. The first-order valence-corrected chi connectivity index (χ1v) is 14.9. The van der Waals surface area contributed by atoms with Gasteiger partial charge >= 0.3 is 6.09 Å². The number of hydrogen-bond donors (Lipinski definition) is 1. The lowest BCUT2D eigenvalue weighted by Crippen LogP contribution is -2.49. The first-order valence-electron chi connectivity index (χ1n) is 14.9. The number of carbonyl (C=O) groups excluding carboxylic acids is 2. The summed E-state index contributed by atoms with van der Waals surface area (Å²) in [7, 11) is 0. The first-order chi connectivity index (χ1) is 20.0. The zero-order chi connectivity index (χ0) is 28.4. The van der Waals surface area contributed by atoms with Gasteiger partial charge in [0.15, 0.2) is 0 Å². The second kappa shape index (κ2) is 14.2. The topological polar surface area (TPSA) is 78.0 Å². The van der Waals surface area contributed by atoms with Crippen molar-refractivity contribution in [3.05, 3.63) is 89.2 Å². The lowest BCUT2D eigenvalue weighted by atomic mass is 10.1. The molecule has 0 spiro atoms. The monoisotopic (exact) mass is 555 g/mol. The highest BCUT2D eigenvalue weighted by Gasteiger charge is 2.22. The van der Waals surface area contributed by atoms with Crippen molar-refractivity contribution in [1.29, 1.82) is 0 Å². The van der Waals surface area contributed by atoms with E-state index in [0.717, 1.165) is 63.5 Å². The summed E-state index contributed by atoms with van der Waals surface area (Å²) < 4.78 is 5.60. The summed E-state index contributed by atoms with van der Waals surface area (Å²) in [6.45, 7) is 9.21. The summed E-state index contributed by atoms with van der Waals surface area (Å²) in [6.07, 6.45) is 5.53. The van der Waals surface area contributed by atoms with Crippen molar-refractivity contribution >= 4 is 17.7 Å². The summed E-state index contributed by atoms with van der Waals surface area (Å²) in [5, 5.41) is 2.93. The molecule has 2 aliphatic heterocycles. The third kappa shape index (κ3) is 8.62. The summed E-state index contributed by atoms with van der Waals surface area (Å²) >= 11 is 0. The Balaban J connectivity index is 1.02. The lowest BCUT2D eigenvalue weighted by Gasteiger charge is -2.34. The molecule has 1 N–H and O–H groups in total. The van der Waals surface area contributed by atoms with Crippen molar-refractivity contribution in [2.75, 3.05) is 51.1 Å². The molecule has 5 rings (SSSR count). The van der Waals surface area contributed by atoms with Gasteiger partial charge in [-0.3, -0.25) is 19.6 Å². The van der Waals surface area contributed by atoms with E-state index in [1.807, 2.05) is 37.3 Å². The first kappa shape index (κ1) is 28.8. The van der Waals surface area contributed by atoms with Gasteiger partial charge in [0.05, 0.1) is 0 Å². The van der Waals surface area contributed by atoms with Gasteiger partial charge in [0.2, 0.25) is 0 Å². The SMILES string of the molecule is Cc1cccc(CCCN2CCN(C(=O)Oc3ccc(NC(=O)c4ccc(CN5CCCCC5)cc4)cc3)CC2)n1. The highest BCUT2D eigenvalue weighted by molar-refractivity contribution is 6.04. The Morgan fingerprint density at radius 1 is 0.829 bits per heavy atom. The van der Waals surface area contributed by atoms with E-state index in [1.165, 1.54) is 24.8 Å². The smallest absolute Gasteiger partial charge is 0.410 e. The van der Waals surface area contributed by atoms with Crippen molar-refractivity contribution < 1.29 is 14.3 Å². The number of aryl methyl sites for hydroxylation is 2. The van der Waals surface area contributed by atoms with Crippen molar-refractivity contribution in [3.8, 4) is 5.75 Å². The van der Waals surface area contributed by atoms with Crippen molar-refractivity contribution in [1.82, 2.24) is 19.7 Å². The minimum absolute atomic E-state index is 0.160. The Hall–Kier alpha value is -3.75. The Labute approximate surface area is 243 Å². The maximum atomic E-state index is 12.7. The van der Waals surface area contributed by atoms with Crippen LogP contribution in [0.15, 0.2) is 66.7 Å². The number of likely N-dealkylation sites (tertiary alicyclic amines) is 1. The van der Waals surface area contributed by atoms with E-state index in [1.54, 1.807) is 29.2 Å². The molecule has 2 fully saturated rings. The number of pyridine rings is 1. The van der Waals surface area contributed by atoms with Crippen LogP contribution < -0.4 is 10.1 Å². The molecule has 1 aromatic heterocycles. The molecule has 0 atom stereocenters. The van der Waals surface area contributed by atoms with Gasteiger partial charge in [0.1, 0.15) is 5.75 Å². The van der Waals surface area contributed by atoms with Gasteiger partial charge in [0.25, 0.3) is 5.91 Å². The van der Waals surface area contributed by atoms with Crippen molar-refractivity contribution in [3.63, 3.8) is 0 Å². The van der Waals surface area contributed by atoms with Crippen LogP contribution >= 0.6 is 0 Å². The van der Waals surface area contributed by atoms with E-state index >= 15 is 0 Å². The van der Waals surface area contributed by atoms with Crippen molar-refractivity contribution in [2.45, 2.75) is 45.6 Å². The molecule has 2 amide bonds. The van der Waals surface area contributed by atoms with Crippen molar-refractivity contribution in [2.24, 2.45) is 0 Å². The quantitative estimate of drug-likeness (QED) is 0.382. The van der Waals surface area contributed by atoms with Crippen LogP contribution in [0.5, 0.6) is 5.75 Å². The number of nitrogens with zero attached hydrogens (tertiary/aromatic N) is 4. The number of hydrogen-bond acceptors (Lipinski definition) is 6. The standard InChI is InChI=1S/C33H41N5O3/c1-26-7-5-8-29(34-26)9-6-20-36-21-23-38(24-22-36)33(40)41-31-16-14-30(15-17-31)35-32(39)28-12-10-27(11-13-28)25-37-18-3-2-4-19-37/h5,7-8,10-17H,2-4,6,9,18-25H2,1H3,(H,35,39). The van der Waals surface area contributed by atoms with Gasteiger partial charge in [-0.2, -0.15) is 0 Å². The zero-order valence-electron chi connectivity index (χ0n) is 24.1. The van der Waals surface area contributed by atoms with Gasteiger partial charge in [-0.15, -0.1) is 0 Å². The Bertz CT molecular complexity index is 1280. The molecule has 8 heteroatoms. The van der Waals surface area contributed by atoms with Crippen LogP contribution in [0.4, 0.5) is 10.5 Å². The molecule has 0 radical (unpaired) electrons. The molecule has 2 saturated heterocycles. The van der Waals surface area contributed by atoms with Crippen LogP contribution in [-0.4, -0.2) is 77.5 Å². The number of piperidine rings is 1. The number of ether oxygens (including phenoxy) is 1. The van der Waals surface area contributed by atoms with Gasteiger partial charge < -0.3 is 15.0 Å². The Morgan fingerprint density at radius 3 is 2.27 bits per heavy atom. The maximum absolute atomic E-state index is 12.7. The van der Waals surface area contributed by atoms with Gasteiger partial charge in [-0.1, -0.05) is 24.6 Å². The summed E-state index contributed by atoms with van der Waals surface area (Å²) in [4.78, 5) is 36.6. The number of benzene rings is 2. The molecule has 0 aliphatic carbocycles. The Morgan fingerprint density at radius 2 is 1.56 bits per heavy atom. The molecule has 41 heavy (non-hydrogen) atoms. The van der Waals surface area contributed by atoms with Crippen LogP contribution in [0.1, 0.15) is 53.0 Å². The Kier molecular flexibility index (Phi) is 9.99. The highest BCUT2D eigenvalue weighted by atomic mass is 16.6. The molecule has 8 nitrogen and oxygen atoms in total. The second-order valence-electron chi connectivity index (χ2n) is 11.1. The number of nitrogens with one attached hydrogen (secondary N) is 1. The average molecular weight is 556 g/mol.